The van der Waals surface area contributed by atoms with E-state index in [2.05, 4.69) is 39.7 Å². The summed E-state index contributed by atoms with van der Waals surface area (Å²) in [5.41, 5.74) is 13.2. The molecule has 65 heavy (non-hydrogen) atoms. The Kier molecular flexibility index (Phi) is 21.4. The van der Waals surface area contributed by atoms with E-state index in [4.69, 9.17) is 99.6 Å². The van der Waals surface area contributed by atoms with Crippen molar-refractivity contribution in [1.82, 2.24) is 36.1 Å². The first kappa shape index (κ1) is 56.1. The molecular weight excluding hydrogens is 1160 g/mol. The molecule has 18 nitrogen and oxygen atoms in total. The predicted molar refractivity (Wildman–Crippen MR) is 265 cm³/mol. The number of anilines is 3. The SMILES string of the molecule is CC(C)(N)c1cc2nc(Cl)nc(N3CCOCC3)c2s1.Cl.N.NC(=O)c1cc2nc(Cl)nc(N3CCOCC3)c2s1.O=C(O)c1cc2nc(Cl)nc(N3CCOCC3)c2s1.[Cl][Zr]([Cl])([Cl])[Cl]. The average Bonchev–Trinajstić information content (AvgIpc) is 3.98. The van der Waals surface area contributed by atoms with Crippen LogP contribution in [0.3, 0.4) is 0 Å². The molecule has 9 rings (SSSR count). The fourth-order valence-electron chi connectivity index (χ4n) is 6.17. The van der Waals surface area contributed by atoms with Crippen LogP contribution in [0.15, 0.2) is 18.2 Å². The van der Waals surface area contributed by atoms with E-state index in [-0.39, 0.29) is 44.8 Å². The first-order chi connectivity index (χ1) is 29.7. The van der Waals surface area contributed by atoms with Crippen molar-refractivity contribution in [3.63, 3.8) is 0 Å². The number of rotatable bonds is 6. The van der Waals surface area contributed by atoms with Gasteiger partial charge in [0.25, 0.3) is 5.91 Å². The molecule has 0 saturated carbocycles. The van der Waals surface area contributed by atoms with Crippen LogP contribution in [-0.4, -0.2) is 126 Å². The third-order valence-corrected chi connectivity index (χ3v) is 13.2. The Bertz CT molecular complexity index is 2450. The van der Waals surface area contributed by atoms with Gasteiger partial charge >= 0.3 is 55.5 Å². The number of carboxylic acids is 1. The molecule has 0 aromatic carbocycles. The maximum atomic E-state index is 11.3. The number of ether oxygens (including phenoxy) is 3. The van der Waals surface area contributed by atoms with E-state index < -0.39 is 27.4 Å². The number of thiophene rings is 3. The summed E-state index contributed by atoms with van der Waals surface area (Å²) in [6.07, 6.45) is 0. The fraction of sp³-hybridized carbons (Fsp3) is 0.429. The van der Waals surface area contributed by atoms with E-state index in [1.807, 2.05) is 24.8 Å². The Balaban J connectivity index is 0.000000200. The molecule has 3 aliphatic heterocycles. The summed E-state index contributed by atoms with van der Waals surface area (Å²) in [4.78, 5) is 55.9. The molecule has 0 unspecified atom stereocenters. The number of hydrogen-bond acceptors (Lipinski definition) is 19. The zero-order chi connectivity index (χ0) is 45.6. The Morgan fingerprint density at radius 3 is 1.26 bits per heavy atom. The van der Waals surface area contributed by atoms with Crippen molar-refractivity contribution in [1.29, 1.82) is 0 Å². The van der Waals surface area contributed by atoms with Gasteiger partial charge in [-0.15, -0.1) is 46.4 Å². The number of aromatic carboxylic acids is 1. The van der Waals surface area contributed by atoms with Gasteiger partial charge in [0.1, 0.15) is 4.88 Å². The Morgan fingerprint density at radius 1 is 0.631 bits per heavy atom. The number of nitrogens with two attached hydrogens (primary N) is 2. The summed E-state index contributed by atoms with van der Waals surface area (Å²) in [5.74, 6) is 0.898. The van der Waals surface area contributed by atoms with E-state index in [0.29, 0.717) is 74.5 Å². The number of morpholine rings is 3. The number of primary amides is 1. The summed E-state index contributed by atoms with van der Waals surface area (Å²) in [6, 6.07) is 5.19. The normalized spacial score (nSPS) is 15.4. The molecule has 0 aliphatic carbocycles. The second kappa shape index (κ2) is 24.8. The van der Waals surface area contributed by atoms with E-state index in [9.17, 15) is 9.59 Å². The molecule has 6 aromatic rings. The zero-order valence-corrected chi connectivity index (χ0v) is 45.4. The quantitative estimate of drug-likeness (QED) is 0.114. The maximum absolute atomic E-state index is 11.3. The van der Waals surface area contributed by atoms with Crippen LogP contribution in [0.5, 0.6) is 0 Å². The summed E-state index contributed by atoms with van der Waals surface area (Å²) < 4.78 is 18.6. The summed E-state index contributed by atoms with van der Waals surface area (Å²) in [6.45, 7) is 12.5. The first-order valence-corrected chi connectivity index (χ1v) is 35.0. The van der Waals surface area contributed by atoms with E-state index in [1.165, 1.54) is 28.7 Å². The molecular formula is C35H42Cl8N12O6S3Zr. The number of carbonyl (C=O) groups is 2. The minimum absolute atomic E-state index is 0. The summed E-state index contributed by atoms with van der Waals surface area (Å²) >= 11 is 18.7. The van der Waals surface area contributed by atoms with E-state index in [0.717, 1.165) is 62.3 Å². The van der Waals surface area contributed by atoms with E-state index in [1.54, 1.807) is 17.4 Å². The van der Waals surface area contributed by atoms with Crippen LogP contribution in [0.1, 0.15) is 38.1 Å². The van der Waals surface area contributed by atoms with Crippen molar-refractivity contribution in [3.05, 3.63) is 48.7 Å². The average molecular weight is 1200 g/mol. The minimum atomic E-state index is -3.29. The molecule has 3 fully saturated rings. The van der Waals surface area contributed by atoms with Crippen LogP contribution in [0.25, 0.3) is 30.6 Å². The van der Waals surface area contributed by atoms with Crippen molar-refractivity contribution in [2.75, 3.05) is 93.6 Å². The van der Waals surface area contributed by atoms with Crippen LogP contribution in [0.4, 0.5) is 17.5 Å². The molecule has 0 atom stereocenters. The Hall–Kier alpha value is -1.54. The zero-order valence-electron chi connectivity index (χ0n) is 34.4. The second-order valence-corrected chi connectivity index (χ2v) is 40.6. The number of fused-ring (bicyclic) bond motifs is 3. The summed E-state index contributed by atoms with van der Waals surface area (Å²) in [5, 5.41) is 9.63. The van der Waals surface area contributed by atoms with Gasteiger partial charge in [-0.2, -0.15) is 15.0 Å². The van der Waals surface area contributed by atoms with Gasteiger partial charge in [0.05, 0.1) is 75.2 Å². The van der Waals surface area contributed by atoms with E-state index >= 15 is 0 Å². The van der Waals surface area contributed by atoms with Crippen molar-refractivity contribution in [2.24, 2.45) is 11.5 Å². The molecule has 0 spiro atoms. The molecule has 9 heterocycles. The van der Waals surface area contributed by atoms with Gasteiger partial charge < -0.3 is 51.6 Å². The van der Waals surface area contributed by atoms with Crippen molar-refractivity contribution < 1.29 is 44.4 Å². The molecule has 0 radical (unpaired) electrons. The number of nitrogens with zero attached hydrogens (tertiary/aromatic N) is 9. The van der Waals surface area contributed by atoms with Gasteiger partial charge in [0, 0.05) is 49.7 Å². The van der Waals surface area contributed by atoms with Gasteiger partial charge in [0.15, 0.2) is 17.5 Å². The van der Waals surface area contributed by atoms with Gasteiger partial charge in [0.2, 0.25) is 15.9 Å². The van der Waals surface area contributed by atoms with Crippen molar-refractivity contribution in [2.45, 2.75) is 19.4 Å². The third kappa shape index (κ3) is 15.7. The molecule has 0 bridgehead atoms. The van der Waals surface area contributed by atoms with Crippen molar-refractivity contribution >= 4 is 175 Å². The molecule has 1 amide bonds. The number of hydrogen-bond donors (Lipinski definition) is 4. The van der Waals surface area contributed by atoms with Gasteiger partial charge in [-0.3, -0.25) is 4.79 Å². The van der Waals surface area contributed by atoms with Gasteiger partial charge in [-0.1, -0.05) is 0 Å². The van der Waals surface area contributed by atoms with Crippen LogP contribution in [0.2, 0.25) is 15.9 Å². The standard InChI is InChI=1S/C13H17ClN4OS.C11H11ClN4O2S.C11H10ClN3O3S.5ClH.H3N.Zr/c1-13(2,15)9-7-8-10(20-9)11(17-12(14)16-8)18-3-5-19-6-4-18;12-11-14-6-5-7(9(13)17)19-8(6)10(15-11)16-1-3-18-4-2-16;12-11-13-6-5-7(10(16)17)19-8(6)9(14-11)15-1-3-18-4-2-15;;;;;;;/h7H,3-6,15H2,1-2H3;5H,1-4H2,(H2,13,17);5H,1-4H2,(H,16,17);5*1H;1H3;/q;;;;;;;;;+4/p-4. The summed E-state index contributed by atoms with van der Waals surface area (Å²) in [7, 11) is 20.1. The predicted octanol–water partition coefficient (Wildman–Crippen LogP) is 8.87. The van der Waals surface area contributed by atoms with Crippen LogP contribution in [-0.2, 0) is 35.2 Å². The topological polar surface area (TPSA) is 256 Å². The first-order valence-electron chi connectivity index (χ1n) is 18.7. The van der Waals surface area contributed by atoms with Gasteiger partial charge in [-0.25, -0.2) is 19.7 Å². The number of halogens is 8. The van der Waals surface area contributed by atoms with Crippen LogP contribution in [0, 0.1) is 0 Å². The van der Waals surface area contributed by atoms with Crippen molar-refractivity contribution in [3.8, 4) is 0 Å². The fourth-order valence-corrected chi connectivity index (χ4v) is 9.74. The third-order valence-electron chi connectivity index (χ3n) is 9.00. The Morgan fingerprint density at radius 2 is 0.938 bits per heavy atom. The number of carbonyl (C=O) groups excluding carboxylic acids is 1. The second-order valence-electron chi connectivity index (χ2n) is 14.0. The van der Waals surface area contributed by atoms with Gasteiger partial charge in [-0.05, 0) is 66.8 Å². The monoisotopic (exact) mass is 1190 g/mol. The van der Waals surface area contributed by atoms with Crippen LogP contribution >= 0.6 is 115 Å². The number of amides is 1. The molecule has 356 valence electrons. The van der Waals surface area contributed by atoms with Crippen LogP contribution < -0.4 is 32.3 Å². The molecule has 8 N–H and O–H groups in total. The Labute approximate surface area is 424 Å². The number of carboxylic acid groups (broad SMARTS) is 1. The molecule has 3 saturated heterocycles. The molecule has 6 aromatic heterocycles. The molecule has 30 heteroatoms. The number of aromatic nitrogens is 6. The molecule has 3 aliphatic rings.